The Balaban J connectivity index is 1.97. The van der Waals surface area contributed by atoms with Gasteiger partial charge in [0.25, 0.3) is 0 Å². The van der Waals surface area contributed by atoms with Crippen LogP contribution in [0.5, 0.6) is 11.5 Å². The van der Waals surface area contributed by atoms with E-state index in [-0.39, 0.29) is 6.03 Å². The number of rotatable bonds is 6. The monoisotopic (exact) mass is 298 g/mol. The first-order valence-electron chi connectivity index (χ1n) is 6.77. The molecule has 5 heteroatoms. The van der Waals surface area contributed by atoms with Crippen LogP contribution in [-0.4, -0.2) is 19.7 Å². The predicted octanol–water partition coefficient (Wildman–Crippen LogP) is 3.90. The van der Waals surface area contributed by atoms with Gasteiger partial charge in [-0.1, -0.05) is 24.8 Å². The molecule has 0 aliphatic heterocycles. The van der Waals surface area contributed by atoms with Gasteiger partial charge < -0.3 is 20.1 Å². The SMILES string of the molecule is C=CCOc1cccc(NC(=O)Nc2cccc(OC)c2)c1. The number of methoxy groups -OCH3 is 1. The topological polar surface area (TPSA) is 59.6 Å². The largest absolute Gasteiger partial charge is 0.497 e. The van der Waals surface area contributed by atoms with Crippen LogP contribution in [0.15, 0.2) is 61.2 Å². The Morgan fingerprint density at radius 3 is 2.27 bits per heavy atom. The van der Waals surface area contributed by atoms with Crippen molar-refractivity contribution in [2.75, 3.05) is 24.4 Å². The Morgan fingerprint density at radius 1 is 1.09 bits per heavy atom. The minimum Gasteiger partial charge on any atom is -0.497 e. The van der Waals surface area contributed by atoms with Gasteiger partial charge in [0.05, 0.1) is 7.11 Å². The van der Waals surface area contributed by atoms with Gasteiger partial charge in [0.1, 0.15) is 18.1 Å². The second kappa shape index (κ2) is 7.73. The lowest BCUT2D eigenvalue weighted by Gasteiger charge is -2.10. The molecule has 5 nitrogen and oxygen atoms in total. The Bertz CT molecular complexity index is 656. The molecule has 0 saturated heterocycles. The maximum Gasteiger partial charge on any atom is 0.323 e. The zero-order chi connectivity index (χ0) is 15.8. The lowest BCUT2D eigenvalue weighted by atomic mass is 10.3. The van der Waals surface area contributed by atoms with Crippen LogP contribution < -0.4 is 20.1 Å². The number of amides is 2. The maximum atomic E-state index is 12.0. The van der Waals surface area contributed by atoms with Crippen LogP contribution in [0.1, 0.15) is 0 Å². The molecule has 0 aliphatic rings. The summed E-state index contributed by atoms with van der Waals surface area (Å²) in [7, 11) is 1.58. The van der Waals surface area contributed by atoms with Crippen molar-refractivity contribution in [2.45, 2.75) is 0 Å². The van der Waals surface area contributed by atoms with Gasteiger partial charge in [-0.2, -0.15) is 0 Å². The number of carbonyl (C=O) groups is 1. The number of urea groups is 1. The van der Waals surface area contributed by atoms with E-state index < -0.39 is 0 Å². The zero-order valence-corrected chi connectivity index (χ0v) is 12.3. The van der Waals surface area contributed by atoms with Crippen molar-refractivity contribution in [1.82, 2.24) is 0 Å². The number of nitrogens with one attached hydrogen (secondary N) is 2. The van der Waals surface area contributed by atoms with Gasteiger partial charge in [0.2, 0.25) is 0 Å². The standard InChI is InChI=1S/C17H18N2O3/c1-3-10-22-16-9-5-7-14(12-16)19-17(20)18-13-6-4-8-15(11-13)21-2/h3-9,11-12H,1,10H2,2H3,(H2,18,19,20). The molecule has 2 amide bonds. The van der Waals surface area contributed by atoms with E-state index in [1.807, 2.05) is 12.1 Å². The fourth-order valence-corrected chi connectivity index (χ4v) is 1.81. The molecule has 22 heavy (non-hydrogen) atoms. The van der Waals surface area contributed by atoms with Crippen molar-refractivity contribution in [3.05, 3.63) is 61.2 Å². The predicted molar refractivity (Wildman–Crippen MR) is 87.8 cm³/mol. The van der Waals surface area contributed by atoms with Gasteiger partial charge in [-0.25, -0.2) is 4.79 Å². The van der Waals surface area contributed by atoms with Crippen LogP contribution >= 0.6 is 0 Å². The average molecular weight is 298 g/mol. The first kappa shape index (κ1) is 15.4. The van der Waals surface area contributed by atoms with Gasteiger partial charge in [0.15, 0.2) is 0 Å². The van der Waals surface area contributed by atoms with E-state index >= 15 is 0 Å². The van der Waals surface area contributed by atoms with E-state index in [1.54, 1.807) is 49.6 Å². The van der Waals surface area contributed by atoms with Crippen LogP contribution in [0.2, 0.25) is 0 Å². The van der Waals surface area contributed by atoms with Crippen molar-refractivity contribution < 1.29 is 14.3 Å². The van der Waals surface area contributed by atoms with Crippen LogP contribution in [0.4, 0.5) is 16.2 Å². The quantitative estimate of drug-likeness (QED) is 0.795. The molecular weight excluding hydrogens is 280 g/mol. The highest BCUT2D eigenvalue weighted by Crippen LogP contribution is 2.19. The summed E-state index contributed by atoms with van der Waals surface area (Å²) in [5.74, 6) is 1.34. The highest BCUT2D eigenvalue weighted by Gasteiger charge is 2.04. The summed E-state index contributed by atoms with van der Waals surface area (Å²) < 4.78 is 10.5. The van der Waals surface area contributed by atoms with Crippen molar-refractivity contribution >= 4 is 17.4 Å². The van der Waals surface area contributed by atoms with Crippen LogP contribution in [0, 0.1) is 0 Å². The number of carbonyl (C=O) groups excluding carboxylic acids is 1. The highest BCUT2D eigenvalue weighted by atomic mass is 16.5. The number of ether oxygens (including phenoxy) is 2. The Morgan fingerprint density at radius 2 is 1.68 bits per heavy atom. The first-order valence-corrected chi connectivity index (χ1v) is 6.77. The Kier molecular flexibility index (Phi) is 5.43. The normalized spacial score (nSPS) is 9.68. The minimum atomic E-state index is -0.339. The van der Waals surface area contributed by atoms with E-state index in [0.29, 0.717) is 29.5 Å². The lowest BCUT2D eigenvalue weighted by molar-refractivity contribution is 0.262. The number of hydrogen-bond acceptors (Lipinski definition) is 3. The van der Waals surface area contributed by atoms with Gasteiger partial charge in [-0.3, -0.25) is 0 Å². The third kappa shape index (κ3) is 4.56. The van der Waals surface area contributed by atoms with E-state index in [4.69, 9.17) is 9.47 Å². The van der Waals surface area contributed by atoms with Gasteiger partial charge >= 0.3 is 6.03 Å². The van der Waals surface area contributed by atoms with Crippen molar-refractivity contribution in [1.29, 1.82) is 0 Å². The second-order valence-electron chi connectivity index (χ2n) is 4.44. The highest BCUT2D eigenvalue weighted by molar-refractivity contribution is 5.99. The van der Waals surface area contributed by atoms with E-state index in [0.717, 1.165) is 0 Å². The molecule has 0 saturated carbocycles. The third-order valence-electron chi connectivity index (χ3n) is 2.79. The molecule has 0 fully saturated rings. The molecule has 0 atom stereocenters. The molecule has 2 rings (SSSR count). The van der Waals surface area contributed by atoms with Gasteiger partial charge in [0, 0.05) is 23.5 Å². The lowest BCUT2D eigenvalue weighted by Crippen LogP contribution is -2.19. The van der Waals surface area contributed by atoms with Crippen molar-refractivity contribution in [2.24, 2.45) is 0 Å². The Labute approximate surface area is 129 Å². The first-order chi connectivity index (χ1) is 10.7. The molecule has 114 valence electrons. The average Bonchev–Trinajstić information content (AvgIpc) is 2.53. The molecular formula is C17H18N2O3. The summed E-state index contributed by atoms with van der Waals surface area (Å²) in [6.45, 7) is 4.01. The molecule has 2 aromatic rings. The van der Waals surface area contributed by atoms with Crippen LogP contribution in [0.3, 0.4) is 0 Å². The number of benzene rings is 2. The molecule has 0 bridgehead atoms. The summed E-state index contributed by atoms with van der Waals surface area (Å²) in [5, 5.41) is 5.49. The number of hydrogen-bond donors (Lipinski definition) is 2. The summed E-state index contributed by atoms with van der Waals surface area (Å²) in [6, 6.07) is 13.9. The maximum absolute atomic E-state index is 12.0. The summed E-state index contributed by atoms with van der Waals surface area (Å²) in [4.78, 5) is 12.0. The molecule has 0 aliphatic carbocycles. The van der Waals surface area contributed by atoms with E-state index in [9.17, 15) is 4.79 Å². The van der Waals surface area contributed by atoms with Gasteiger partial charge in [-0.15, -0.1) is 0 Å². The van der Waals surface area contributed by atoms with Crippen LogP contribution in [-0.2, 0) is 0 Å². The number of anilines is 2. The molecule has 0 aromatic heterocycles. The molecule has 2 N–H and O–H groups in total. The fraction of sp³-hybridized carbons (Fsp3) is 0.118. The molecule has 0 spiro atoms. The van der Waals surface area contributed by atoms with Crippen molar-refractivity contribution in [3.8, 4) is 11.5 Å². The minimum absolute atomic E-state index is 0.339. The fourth-order valence-electron chi connectivity index (χ4n) is 1.81. The molecule has 0 heterocycles. The van der Waals surface area contributed by atoms with Crippen molar-refractivity contribution in [3.63, 3.8) is 0 Å². The zero-order valence-electron chi connectivity index (χ0n) is 12.3. The van der Waals surface area contributed by atoms with Crippen LogP contribution in [0.25, 0.3) is 0 Å². The Hall–Kier alpha value is -2.95. The summed E-state index contributed by atoms with van der Waals surface area (Å²) in [6.07, 6.45) is 1.66. The van der Waals surface area contributed by atoms with E-state index in [2.05, 4.69) is 17.2 Å². The van der Waals surface area contributed by atoms with Gasteiger partial charge in [-0.05, 0) is 24.3 Å². The summed E-state index contributed by atoms with van der Waals surface area (Å²) >= 11 is 0. The molecule has 2 aromatic carbocycles. The van der Waals surface area contributed by atoms with E-state index in [1.165, 1.54) is 0 Å². The summed E-state index contributed by atoms with van der Waals surface area (Å²) in [5.41, 5.74) is 1.29. The third-order valence-corrected chi connectivity index (χ3v) is 2.79. The smallest absolute Gasteiger partial charge is 0.323 e. The second-order valence-corrected chi connectivity index (χ2v) is 4.44. The molecule has 0 radical (unpaired) electrons. The molecule has 0 unspecified atom stereocenters.